The van der Waals surface area contributed by atoms with Crippen molar-refractivity contribution in [3.63, 3.8) is 0 Å². The summed E-state index contributed by atoms with van der Waals surface area (Å²) in [5.74, 6) is 1.23. The van der Waals surface area contributed by atoms with Crippen LogP contribution in [0.5, 0.6) is 0 Å². The fraction of sp³-hybridized carbons (Fsp3) is 0.212. The first-order valence-electron chi connectivity index (χ1n) is 14.0. The number of benzene rings is 1. The molecule has 0 atom stereocenters. The highest BCUT2D eigenvalue weighted by Gasteiger charge is 2.19. The average Bonchev–Trinajstić information content (AvgIpc) is 3.75. The number of allylic oxidation sites excluding steroid dienone is 2. The first-order valence-corrected chi connectivity index (χ1v) is 14.9. The van der Waals surface area contributed by atoms with Crippen LogP contribution in [-0.4, -0.2) is 30.1 Å². The SMILES string of the molecule is C=C(C)c1ccc(-c2cccc3[nH]c(-c4n[nH]c5cnc(-c6cncc(NC(=C)C7CCCCC7)c6)cc45)nc23)s1. The number of thiophene rings is 1. The number of pyridine rings is 2. The fourth-order valence-electron chi connectivity index (χ4n) is 5.70. The van der Waals surface area contributed by atoms with E-state index in [0.29, 0.717) is 11.7 Å². The van der Waals surface area contributed by atoms with E-state index < -0.39 is 0 Å². The molecule has 6 aromatic rings. The van der Waals surface area contributed by atoms with E-state index in [9.17, 15) is 0 Å². The van der Waals surface area contributed by atoms with Crippen molar-refractivity contribution in [2.24, 2.45) is 5.92 Å². The van der Waals surface area contributed by atoms with Crippen LogP contribution in [0.1, 0.15) is 43.9 Å². The number of nitrogens with one attached hydrogen (secondary N) is 3. The molecule has 8 heteroatoms. The van der Waals surface area contributed by atoms with Crippen LogP contribution in [0.2, 0.25) is 0 Å². The first-order chi connectivity index (χ1) is 20.0. The molecule has 204 valence electrons. The summed E-state index contributed by atoms with van der Waals surface area (Å²) < 4.78 is 0. The van der Waals surface area contributed by atoms with E-state index in [0.717, 1.165) is 66.3 Å². The van der Waals surface area contributed by atoms with Crippen molar-refractivity contribution in [2.45, 2.75) is 39.0 Å². The molecule has 0 unspecified atom stereocenters. The predicted molar refractivity (Wildman–Crippen MR) is 170 cm³/mol. The van der Waals surface area contributed by atoms with E-state index in [4.69, 9.17) is 9.97 Å². The van der Waals surface area contributed by atoms with Gasteiger partial charge < -0.3 is 10.3 Å². The van der Waals surface area contributed by atoms with Crippen molar-refractivity contribution in [3.8, 4) is 33.2 Å². The molecule has 0 bridgehead atoms. The number of H-pyrrole nitrogens is 2. The van der Waals surface area contributed by atoms with E-state index in [1.54, 1.807) is 11.3 Å². The number of rotatable bonds is 7. The van der Waals surface area contributed by atoms with Gasteiger partial charge in [-0.1, -0.05) is 44.6 Å². The summed E-state index contributed by atoms with van der Waals surface area (Å²) in [6.07, 6.45) is 11.8. The van der Waals surface area contributed by atoms with Gasteiger partial charge in [0.1, 0.15) is 5.69 Å². The van der Waals surface area contributed by atoms with Gasteiger partial charge in [0.05, 0.1) is 40.3 Å². The van der Waals surface area contributed by atoms with Gasteiger partial charge in [0.15, 0.2) is 5.82 Å². The summed E-state index contributed by atoms with van der Waals surface area (Å²) in [5.41, 5.74) is 9.41. The molecule has 7 rings (SSSR count). The van der Waals surface area contributed by atoms with Crippen LogP contribution < -0.4 is 5.32 Å². The van der Waals surface area contributed by atoms with Gasteiger partial charge in [-0.2, -0.15) is 5.10 Å². The van der Waals surface area contributed by atoms with Crippen molar-refractivity contribution in [3.05, 3.63) is 84.8 Å². The van der Waals surface area contributed by atoms with Gasteiger partial charge in [-0.3, -0.25) is 15.1 Å². The number of aromatic nitrogens is 6. The number of fused-ring (bicyclic) bond motifs is 2. The van der Waals surface area contributed by atoms with Crippen LogP contribution in [-0.2, 0) is 0 Å². The highest BCUT2D eigenvalue weighted by atomic mass is 32.1. The van der Waals surface area contributed by atoms with Crippen LogP contribution in [0.4, 0.5) is 5.69 Å². The fourth-order valence-corrected chi connectivity index (χ4v) is 6.66. The zero-order chi connectivity index (χ0) is 27.9. The smallest absolute Gasteiger partial charge is 0.159 e. The molecule has 5 aromatic heterocycles. The zero-order valence-corrected chi connectivity index (χ0v) is 23.8. The minimum atomic E-state index is 0.521. The molecule has 1 aliphatic rings. The molecule has 41 heavy (non-hydrogen) atoms. The summed E-state index contributed by atoms with van der Waals surface area (Å²) in [6, 6.07) is 14.6. The Bertz CT molecular complexity index is 1920. The van der Waals surface area contributed by atoms with Crippen molar-refractivity contribution in [2.75, 3.05) is 5.32 Å². The number of imidazole rings is 1. The topological polar surface area (TPSA) is 95.2 Å². The summed E-state index contributed by atoms with van der Waals surface area (Å²) in [7, 11) is 0. The van der Waals surface area contributed by atoms with Crippen LogP contribution in [0.25, 0.3) is 60.7 Å². The van der Waals surface area contributed by atoms with Gasteiger partial charge in [-0.05, 0) is 61.6 Å². The molecular formula is C33H31N7S. The third-order valence-corrected chi connectivity index (χ3v) is 9.19. The Hall–Kier alpha value is -4.56. The van der Waals surface area contributed by atoms with Crippen LogP contribution in [0.15, 0.2) is 79.9 Å². The lowest BCUT2D eigenvalue weighted by Gasteiger charge is -2.24. The highest BCUT2D eigenvalue weighted by Crippen LogP contribution is 2.37. The highest BCUT2D eigenvalue weighted by molar-refractivity contribution is 7.16. The third kappa shape index (κ3) is 4.85. The minimum Gasteiger partial charge on any atom is -0.358 e. The van der Waals surface area contributed by atoms with E-state index in [1.165, 1.54) is 37.0 Å². The van der Waals surface area contributed by atoms with Gasteiger partial charge in [-0.25, -0.2) is 4.98 Å². The zero-order valence-electron chi connectivity index (χ0n) is 23.0. The van der Waals surface area contributed by atoms with Crippen molar-refractivity contribution >= 4 is 44.5 Å². The van der Waals surface area contributed by atoms with E-state index >= 15 is 0 Å². The molecule has 1 fully saturated rings. The molecule has 0 amide bonds. The Morgan fingerprint density at radius 2 is 1.88 bits per heavy atom. The molecule has 3 N–H and O–H groups in total. The number of hydrogen-bond acceptors (Lipinski definition) is 6. The maximum atomic E-state index is 5.02. The Balaban J connectivity index is 1.22. The second kappa shape index (κ2) is 10.4. The monoisotopic (exact) mass is 557 g/mol. The number of hydrogen-bond donors (Lipinski definition) is 3. The van der Waals surface area contributed by atoms with E-state index in [-0.39, 0.29) is 0 Å². The second-order valence-corrected chi connectivity index (χ2v) is 11.9. The Morgan fingerprint density at radius 1 is 1.00 bits per heavy atom. The summed E-state index contributed by atoms with van der Waals surface area (Å²) >= 11 is 1.73. The van der Waals surface area contributed by atoms with Crippen molar-refractivity contribution in [1.82, 2.24) is 30.1 Å². The average molecular weight is 558 g/mol. The van der Waals surface area contributed by atoms with Gasteiger partial charge in [0.2, 0.25) is 0 Å². The lowest BCUT2D eigenvalue weighted by molar-refractivity contribution is 0.405. The third-order valence-electron chi connectivity index (χ3n) is 7.91. The number of anilines is 1. The predicted octanol–water partition coefficient (Wildman–Crippen LogP) is 8.83. The van der Waals surface area contributed by atoms with Gasteiger partial charge >= 0.3 is 0 Å². The van der Waals surface area contributed by atoms with Crippen molar-refractivity contribution in [1.29, 1.82) is 0 Å². The number of para-hydroxylation sites is 1. The minimum absolute atomic E-state index is 0.521. The molecule has 1 aromatic carbocycles. The first kappa shape index (κ1) is 25.4. The lowest BCUT2D eigenvalue weighted by Crippen LogP contribution is -2.14. The maximum absolute atomic E-state index is 5.02. The lowest BCUT2D eigenvalue weighted by atomic mass is 9.87. The summed E-state index contributed by atoms with van der Waals surface area (Å²) in [4.78, 5) is 20.1. The largest absolute Gasteiger partial charge is 0.358 e. The molecule has 1 aliphatic carbocycles. The molecule has 0 spiro atoms. The number of nitrogens with zero attached hydrogens (tertiary/aromatic N) is 4. The van der Waals surface area contributed by atoms with Crippen LogP contribution in [0.3, 0.4) is 0 Å². The Labute approximate surface area is 242 Å². The molecular weight excluding hydrogens is 526 g/mol. The molecule has 0 radical (unpaired) electrons. The Kier molecular flexibility index (Phi) is 6.47. The van der Waals surface area contributed by atoms with Crippen molar-refractivity contribution < 1.29 is 0 Å². The van der Waals surface area contributed by atoms with Gasteiger partial charge in [-0.15, -0.1) is 11.3 Å². The molecule has 5 heterocycles. The maximum Gasteiger partial charge on any atom is 0.159 e. The van der Waals surface area contributed by atoms with Gasteiger partial charge in [0.25, 0.3) is 0 Å². The number of aromatic amines is 2. The van der Waals surface area contributed by atoms with Crippen LogP contribution in [0, 0.1) is 5.92 Å². The molecule has 0 saturated heterocycles. The second-order valence-electron chi connectivity index (χ2n) is 10.9. The standard InChI is InChI=1S/C33H31N7S/c1-19(2)29-12-13-30(41-29)24-10-7-11-26-31(24)38-33(37-26)32-25-15-27(35-18-28(25)39-40-32)22-14-23(17-34-16-22)36-20(3)21-8-5-4-6-9-21/h7,10-18,21,36H,1,3-6,8-9H2,2H3,(H,37,38)(H,39,40). The van der Waals surface area contributed by atoms with Crippen LogP contribution >= 0.6 is 11.3 Å². The van der Waals surface area contributed by atoms with E-state index in [1.807, 2.05) is 25.5 Å². The molecule has 1 saturated carbocycles. The summed E-state index contributed by atoms with van der Waals surface area (Å²) in [6.45, 7) is 10.4. The molecule has 0 aliphatic heterocycles. The quantitative estimate of drug-likeness (QED) is 0.182. The Morgan fingerprint density at radius 3 is 2.71 bits per heavy atom. The van der Waals surface area contributed by atoms with Gasteiger partial charge in [0, 0.05) is 38.2 Å². The summed E-state index contributed by atoms with van der Waals surface area (Å²) in [5, 5.41) is 12.2. The molecule has 7 nitrogen and oxygen atoms in total. The van der Waals surface area contributed by atoms with E-state index in [2.05, 4.69) is 81.1 Å². The normalized spacial score (nSPS) is 14.1.